The Hall–Kier alpha value is -1.59. The highest BCUT2D eigenvalue weighted by molar-refractivity contribution is 6.30. The van der Waals surface area contributed by atoms with E-state index in [1.54, 1.807) is 29.2 Å². The number of halogens is 1. The zero-order valence-electron chi connectivity index (χ0n) is 13.5. The minimum absolute atomic E-state index is 0.0318. The van der Waals surface area contributed by atoms with Crippen LogP contribution in [0, 0.1) is 5.92 Å². The van der Waals surface area contributed by atoms with Crippen molar-refractivity contribution in [3.63, 3.8) is 0 Å². The topological polar surface area (TPSA) is 58.6 Å². The van der Waals surface area contributed by atoms with Gasteiger partial charge in [0, 0.05) is 36.8 Å². The Labute approximate surface area is 141 Å². The van der Waals surface area contributed by atoms with Gasteiger partial charge in [0.05, 0.1) is 12.0 Å². The first-order valence-corrected chi connectivity index (χ1v) is 8.30. The van der Waals surface area contributed by atoms with Gasteiger partial charge < -0.3 is 15.0 Å². The first-order valence-electron chi connectivity index (χ1n) is 7.92. The summed E-state index contributed by atoms with van der Waals surface area (Å²) in [5.41, 5.74) is 0.778. The molecule has 6 heteroatoms. The number of ether oxygens (including phenoxy) is 1. The van der Waals surface area contributed by atoms with Crippen LogP contribution >= 0.6 is 11.6 Å². The Kier molecular flexibility index (Phi) is 6.42. The fourth-order valence-electron chi connectivity index (χ4n) is 2.50. The molecule has 0 aromatic heterocycles. The second-order valence-electron chi connectivity index (χ2n) is 5.95. The Balaban J connectivity index is 1.80. The lowest BCUT2D eigenvalue weighted by Crippen LogP contribution is -2.34. The van der Waals surface area contributed by atoms with Crippen LogP contribution in [-0.4, -0.2) is 37.6 Å². The van der Waals surface area contributed by atoms with Gasteiger partial charge in [0.15, 0.2) is 0 Å². The van der Waals surface area contributed by atoms with Crippen molar-refractivity contribution in [1.82, 2.24) is 5.32 Å². The summed E-state index contributed by atoms with van der Waals surface area (Å²) in [7, 11) is 0. The highest BCUT2D eigenvalue weighted by Crippen LogP contribution is 2.26. The third-order valence-corrected chi connectivity index (χ3v) is 3.96. The molecule has 1 N–H and O–H groups in total. The third kappa shape index (κ3) is 5.22. The maximum atomic E-state index is 12.2. The molecule has 1 fully saturated rings. The van der Waals surface area contributed by atoms with Crippen LogP contribution in [0.1, 0.15) is 26.7 Å². The summed E-state index contributed by atoms with van der Waals surface area (Å²) in [6.07, 6.45) is 1.22. The molecule has 1 saturated heterocycles. The van der Waals surface area contributed by atoms with E-state index in [0.29, 0.717) is 24.7 Å². The summed E-state index contributed by atoms with van der Waals surface area (Å²) in [5.74, 6) is -0.404. The molecule has 2 amide bonds. The molecular weight excluding hydrogens is 316 g/mol. The van der Waals surface area contributed by atoms with Gasteiger partial charge in [-0.3, -0.25) is 9.59 Å². The van der Waals surface area contributed by atoms with Crippen molar-refractivity contribution in [2.45, 2.75) is 32.8 Å². The molecule has 1 aromatic carbocycles. The molecule has 1 aromatic rings. The number of hydrogen-bond donors (Lipinski definition) is 1. The fraction of sp³-hybridized carbons (Fsp3) is 0.529. The second-order valence-corrected chi connectivity index (χ2v) is 6.38. The maximum absolute atomic E-state index is 12.2. The minimum atomic E-state index is -0.302. The zero-order chi connectivity index (χ0) is 16.8. The summed E-state index contributed by atoms with van der Waals surface area (Å²) in [4.78, 5) is 25.9. The van der Waals surface area contributed by atoms with Gasteiger partial charge in [0.25, 0.3) is 0 Å². The van der Waals surface area contributed by atoms with E-state index in [-0.39, 0.29) is 30.3 Å². The predicted molar refractivity (Wildman–Crippen MR) is 90.6 cm³/mol. The van der Waals surface area contributed by atoms with Gasteiger partial charge >= 0.3 is 0 Å². The van der Waals surface area contributed by atoms with Crippen molar-refractivity contribution < 1.29 is 14.3 Å². The number of carbonyl (C=O) groups is 2. The van der Waals surface area contributed by atoms with Crippen molar-refractivity contribution in [3.05, 3.63) is 29.3 Å². The van der Waals surface area contributed by atoms with Crippen molar-refractivity contribution >= 4 is 29.1 Å². The Morgan fingerprint density at radius 2 is 2.09 bits per heavy atom. The molecule has 23 heavy (non-hydrogen) atoms. The Morgan fingerprint density at radius 3 is 2.74 bits per heavy atom. The summed E-state index contributed by atoms with van der Waals surface area (Å²) in [6.45, 7) is 5.56. The standard InChI is InChI=1S/C17H23ClN2O3/c1-12(2)23-9-3-8-19-17(22)13-10-16(21)20(11-13)15-6-4-14(18)5-7-15/h4-7,12-13H,3,8-11H2,1-2H3,(H,19,22). The molecule has 0 radical (unpaired) electrons. The minimum Gasteiger partial charge on any atom is -0.379 e. The molecule has 0 spiro atoms. The number of rotatable bonds is 7. The number of amides is 2. The van der Waals surface area contributed by atoms with Gasteiger partial charge in [-0.25, -0.2) is 0 Å². The largest absolute Gasteiger partial charge is 0.379 e. The SMILES string of the molecule is CC(C)OCCCNC(=O)C1CC(=O)N(c2ccc(Cl)cc2)C1. The van der Waals surface area contributed by atoms with Crippen molar-refractivity contribution in [1.29, 1.82) is 0 Å². The van der Waals surface area contributed by atoms with E-state index < -0.39 is 0 Å². The molecule has 2 rings (SSSR count). The normalized spacial score (nSPS) is 17.8. The molecule has 1 atom stereocenters. The second kappa shape index (κ2) is 8.31. The van der Waals surface area contributed by atoms with Crippen LogP contribution in [0.25, 0.3) is 0 Å². The summed E-state index contributed by atoms with van der Waals surface area (Å²) in [5, 5.41) is 3.50. The molecule has 5 nitrogen and oxygen atoms in total. The quantitative estimate of drug-likeness (QED) is 0.777. The highest BCUT2D eigenvalue weighted by Gasteiger charge is 2.34. The summed E-state index contributed by atoms with van der Waals surface area (Å²) >= 11 is 5.86. The van der Waals surface area contributed by atoms with E-state index in [4.69, 9.17) is 16.3 Å². The molecule has 0 aliphatic carbocycles. The van der Waals surface area contributed by atoms with Crippen LogP contribution in [0.2, 0.25) is 5.02 Å². The van der Waals surface area contributed by atoms with E-state index in [1.165, 1.54) is 0 Å². The first-order chi connectivity index (χ1) is 11.0. The lowest BCUT2D eigenvalue weighted by molar-refractivity contribution is -0.126. The molecule has 0 bridgehead atoms. The van der Waals surface area contributed by atoms with E-state index in [2.05, 4.69) is 5.32 Å². The van der Waals surface area contributed by atoms with Gasteiger partial charge in [-0.1, -0.05) is 11.6 Å². The first kappa shape index (κ1) is 17.8. The molecular formula is C17H23ClN2O3. The molecule has 1 heterocycles. The van der Waals surface area contributed by atoms with Crippen LogP contribution in [-0.2, 0) is 14.3 Å². The number of benzene rings is 1. The predicted octanol–water partition coefficient (Wildman–Crippen LogP) is 2.62. The van der Waals surface area contributed by atoms with E-state index >= 15 is 0 Å². The molecule has 1 unspecified atom stereocenters. The monoisotopic (exact) mass is 338 g/mol. The number of carbonyl (C=O) groups excluding carboxylic acids is 2. The number of nitrogens with zero attached hydrogens (tertiary/aromatic N) is 1. The third-order valence-electron chi connectivity index (χ3n) is 3.71. The smallest absolute Gasteiger partial charge is 0.227 e. The van der Waals surface area contributed by atoms with Crippen LogP contribution in [0.5, 0.6) is 0 Å². The fourth-order valence-corrected chi connectivity index (χ4v) is 2.63. The lowest BCUT2D eigenvalue weighted by atomic mass is 10.1. The summed E-state index contributed by atoms with van der Waals surface area (Å²) in [6, 6.07) is 7.08. The number of anilines is 1. The Morgan fingerprint density at radius 1 is 1.39 bits per heavy atom. The van der Waals surface area contributed by atoms with Crippen molar-refractivity contribution in [2.24, 2.45) is 5.92 Å². The lowest BCUT2D eigenvalue weighted by Gasteiger charge is -2.16. The van der Waals surface area contributed by atoms with Gasteiger partial charge in [0.2, 0.25) is 11.8 Å². The van der Waals surface area contributed by atoms with E-state index in [1.807, 2.05) is 13.8 Å². The molecule has 1 aliphatic rings. The molecule has 1 aliphatic heterocycles. The van der Waals surface area contributed by atoms with Crippen LogP contribution < -0.4 is 10.2 Å². The average Bonchev–Trinajstić information content (AvgIpc) is 2.89. The molecule has 126 valence electrons. The van der Waals surface area contributed by atoms with Gasteiger partial charge in [-0.2, -0.15) is 0 Å². The average molecular weight is 339 g/mol. The van der Waals surface area contributed by atoms with Crippen LogP contribution in [0.4, 0.5) is 5.69 Å². The van der Waals surface area contributed by atoms with Gasteiger partial charge in [-0.05, 0) is 44.5 Å². The maximum Gasteiger partial charge on any atom is 0.227 e. The van der Waals surface area contributed by atoms with E-state index in [9.17, 15) is 9.59 Å². The van der Waals surface area contributed by atoms with Crippen molar-refractivity contribution in [3.8, 4) is 0 Å². The number of nitrogens with one attached hydrogen (secondary N) is 1. The van der Waals surface area contributed by atoms with E-state index in [0.717, 1.165) is 12.1 Å². The van der Waals surface area contributed by atoms with Crippen molar-refractivity contribution in [2.75, 3.05) is 24.6 Å². The van der Waals surface area contributed by atoms with Gasteiger partial charge in [-0.15, -0.1) is 0 Å². The van der Waals surface area contributed by atoms with Crippen LogP contribution in [0.3, 0.4) is 0 Å². The van der Waals surface area contributed by atoms with Crippen LogP contribution in [0.15, 0.2) is 24.3 Å². The van der Waals surface area contributed by atoms with Gasteiger partial charge in [0.1, 0.15) is 0 Å². The highest BCUT2D eigenvalue weighted by atomic mass is 35.5. The Bertz CT molecular complexity index is 545. The zero-order valence-corrected chi connectivity index (χ0v) is 14.3. The summed E-state index contributed by atoms with van der Waals surface area (Å²) < 4.78 is 5.43. The number of hydrogen-bond acceptors (Lipinski definition) is 3. The molecule has 0 saturated carbocycles.